The lowest BCUT2D eigenvalue weighted by molar-refractivity contribution is -0.412. The summed E-state index contributed by atoms with van der Waals surface area (Å²) in [5, 5.41) is 38.7. The Hall–Kier alpha value is -0.800. The molecule has 1 rings (SSSR count). The SMILES string of the molecule is CN1CC(O)(O)N(N=O)C(O)(O)C1. The van der Waals surface area contributed by atoms with Crippen molar-refractivity contribution < 1.29 is 20.4 Å². The van der Waals surface area contributed by atoms with E-state index in [0.29, 0.717) is 0 Å². The molecule has 1 fully saturated rings. The van der Waals surface area contributed by atoms with Gasteiger partial charge in [-0.05, 0) is 7.05 Å². The summed E-state index contributed by atoms with van der Waals surface area (Å²) in [5.74, 6) is -5.34. The fraction of sp³-hybridized carbons (Fsp3) is 1.00. The van der Waals surface area contributed by atoms with Crippen LogP contribution in [-0.4, -0.2) is 62.3 Å². The van der Waals surface area contributed by atoms with Crippen LogP contribution < -0.4 is 0 Å². The highest BCUT2D eigenvalue weighted by atomic mass is 16.6. The van der Waals surface area contributed by atoms with Gasteiger partial charge in [0.1, 0.15) is 0 Å². The van der Waals surface area contributed by atoms with Crippen LogP contribution >= 0.6 is 0 Å². The molecule has 1 heterocycles. The van der Waals surface area contributed by atoms with E-state index in [-0.39, 0.29) is 18.1 Å². The van der Waals surface area contributed by atoms with Gasteiger partial charge in [-0.15, -0.1) is 9.92 Å². The Morgan fingerprint density at radius 1 is 1.15 bits per heavy atom. The van der Waals surface area contributed by atoms with Gasteiger partial charge in [-0.1, -0.05) is 0 Å². The van der Waals surface area contributed by atoms with Crippen LogP contribution in [0.15, 0.2) is 5.29 Å². The first-order chi connectivity index (χ1) is 5.79. The zero-order chi connectivity index (χ0) is 10.3. The second-order valence-electron chi connectivity index (χ2n) is 3.11. The quantitative estimate of drug-likeness (QED) is 0.262. The number of likely N-dealkylation sites (N-methyl/N-ethyl adjacent to an activating group) is 1. The lowest BCUT2D eigenvalue weighted by Gasteiger charge is -2.45. The minimum Gasteiger partial charge on any atom is -0.347 e. The molecule has 76 valence electrons. The number of hydrogen-bond donors (Lipinski definition) is 4. The summed E-state index contributed by atoms with van der Waals surface area (Å²) in [5.41, 5.74) is 0. The van der Waals surface area contributed by atoms with Crippen molar-refractivity contribution in [2.24, 2.45) is 5.29 Å². The maximum absolute atomic E-state index is 10.1. The van der Waals surface area contributed by atoms with Crippen molar-refractivity contribution in [3.63, 3.8) is 0 Å². The first-order valence-electron chi connectivity index (χ1n) is 3.51. The fourth-order valence-electron chi connectivity index (χ4n) is 1.33. The zero-order valence-electron chi connectivity index (χ0n) is 6.95. The van der Waals surface area contributed by atoms with E-state index < -0.39 is 11.8 Å². The third-order valence-electron chi connectivity index (χ3n) is 1.72. The summed E-state index contributed by atoms with van der Waals surface area (Å²) in [6.07, 6.45) is 0. The summed E-state index contributed by atoms with van der Waals surface area (Å²) >= 11 is 0. The Labute approximate surface area is 73.6 Å². The molecule has 13 heavy (non-hydrogen) atoms. The van der Waals surface area contributed by atoms with E-state index in [4.69, 9.17) is 20.4 Å². The maximum Gasteiger partial charge on any atom is 0.282 e. The average Bonchev–Trinajstić information content (AvgIpc) is 1.79. The molecule has 0 bridgehead atoms. The summed E-state index contributed by atoms with van der Waals surface area (Å²) in [4.78, 5) is 11.4. The third kappa shape index (κ3) is 1.76. The van der Waals surface area contributed by atoms with Crippen LogP contribution in [-0.2, 0) is 0 Å². The van der Waals surface area contributed by atoms with Crippen LogP contribution in [0.25, 0.3) is 0 Å². The molecule has 0 aromatic carbocycles. The van der Waals surface area contributed by atoms with Gasteiger partial charge in [0.25, 0.3) is 11.8 Å². The molecule has 0 spiro atoms. The van der Waals surface area contributed by atoms with E-state index in [2.05, 4.69) is 5.29 Å². The largest absolute Gasteiger partial charge is 0.347 e. The lowest BCUT2D eigenvalue weighted by Crippen LogP contribution is -2.70. The van der Waals surface area contributed by atoms with E-state index >= 15 is 0 Å². The topological polar surface area (TPSA) is 117 Å². The molecule has 1 aliphatic rings. The van der Waals surface area contributed by atoms with E-state index in [9.17, 15) is 4.91 Å². The molecule has 0 aliphatic carbocycles. The minimum atomic E-state index is -2.67. The standard InChI is InChI=1S/C5H11N3O5/c1-7-2-4(9,10)8(6-13)5(11,12)3-7/h9-12H,2-3H2,1H3. The molecule has 1 saturated heterocycles. The van der Waals surface area contributed by atoms with Crippen LogP contribution in [0.3, 0.4) is 0 Å². The fourth-order valence-corrected chi connectivity index (χ4v) is 1.33. The molecule has 0 aromatic rings. The van der Waals surface area contributed by atoms with Crippen LogP contribution in [0.2, 0.25) is 0 Å². The van der Waals surface area contributed by atoms with Gasteiger partial charge in [0, 0.05) is 0 Å². The van der Waals surface area contributed by atoms with Crippen molar-refractivity contribution in [3.8, 4) is 0 Å². The van der Waals surface area contributed by atoms with E-state index in [1.54, 1.807) is 0 Å². The van der Waals surface area contributed by atoms with Crippen molar-refractivity contribution in [3.05, 3.63) is 4.91 Å². The molecule has 4 N–H and O–H groups in total. The molecule has 0 atom stereocenters. The number of nitrogens with zero attached hydrogens (tertiary/aromatic N) is 3. The van der Waals surface area contributed by atoms with Crippen molar-refractivity contribution in [2.75, 3.05) is 20.1 Å². The molecule has 0 saturated carbocycles. The number of β-amino-alcohol motifs (C(OH)–C–C–N with tert-alkyl or cyclic N) is 4. The van der Waals surface area contributed by atoms with Crippen LogP contribution in [0.4, 0.5) is 0 Å². The van der Waals surface area contributed by atoms with Gasteiger partial charge < -0.3 is 20.4 Å². The molecule has 0 amide bonds. The number of piperazine rings is 1. The van der Waals surface area contributed by atoms with Crippen molar-refractivity contribution in [1.29, 1.82) is 0 Å². The lowest BCUT2D eigenvalue weighted by atomic mass is 10.2. The predicted molar refractivity (Wildman–Crippen MR) is 39.5 cm³/mol. The molecular formula is C5H11N3O5. The van der Waals surface area contributed by atoms with Crippen LogP contribution in [0, 0.1) is 4.91 Å². The van der Waals surface area contributed by atoms with Gasteiger partial charge in [0.2, 0.25) is 0 Å². The zero-order valence-corrected chi connectivity index (χ0v) is 6.95. The maximum atomic E-state index is 10.1. The van der Waals surface area contributed by atoms with Gasteiger partial charge in [0.15, 0.2) is 0 Å². The van der Waals surface area contributed by atoms with E-state index in [1.165, 1.54) is 11.9 Å². The van der Waals surface area contributed by atoms with Crippen LogP contribution in [0.5, 0.6) is 0 Å². The molecule has 0 radical (unpaired) electrons. The summed E-state index contributed by atoms with van der Waals surface area (Å²) in [6, 6.07) is 0. The van der Waals surface area contributed by atoms with Gasteiger partial charge in [-0.25, -0.2) is 0 Å². The number of nitroso groups, excluding NO2 is 1. The summed E-state index contributed by atoms with van der Waals surface area (Å²) in [6.45, 7) is -0.663. The Kier molecular flexibility index (Phi) is 2.26. The molecule has 8 heteroatoms. The number of aliphatic hydroxyl groups is 4. The third-order valence-corrected chi connectivity index (χ3v) is 1.72. The van der Waals surface area contributed by atoms with Crippen molar-refractivity contribution in [2.45, 2.75) is 11.8 Å². The van der Waals surface area contributed by atoms with Crippen molar-refractivity contribution in [1.82, 2.24) is 9.91 Å². The Morgan fingerprint density at radius 2 is 1.54 bits per heavy atom. The highest BCUT2D eigenvalue weighted by molar-refractivity contribution is 4.83. The summed E-state index contributed by atoms with van der Waals surface area (Å²) in [7, 11) is 1.44. The number of hydrogen-bond acceptors (Lipinski definition) is 7. The Bertz CT molecular complexity index is 200. The first-order valence-corrected chi connectivity index (χ1v) is 3.51. The predicted octanol–water partition coefficient (Wildman–Crippen LogP) is -2.81. The molecule has 1 aliphatic heterocycles. The second kappa shape index (κ2) is 2.86. The van der Waals surface area contributed by atoms with Gasteiger partial charge >= 0.3 is 0 Å². The van der Waals surface area contributed by atoms with E-state index in [1.807, 2.05) is 0 Å². The molecule has 8 nitrogen and oxygen atoms in total. The Morgan fingerprint density at radius 3 is 1.85 bits per heavy atom. The molecule has 0 unspecified atom stereocenters. The monoisotopic (exact) mass is 193 g/mol. The summed E-state index contributed by atoms with van der Waals surface area (Å²) < 4.78 is 0. The van der Waals surface area contributed by atoms with Gasteiger partial charge in [-0.2, -0.15) is 0 Å². The first kappa shape index (κ1) is 10.3. The van der Waals surface area contributed by atoms with Gasteiger partial charge in [0.05, 0.1) is 18.4 Å². The highest BCUT2D eigenvalue weighted by Gasteiger charge is 2.52. The smallest absolute Gasteiger partial charge is 0.282 e. The second-order valence-corrected chi connectivity index (χ2v) is 3.11. The normalized spacial score (nSPS) is 27.3. The van der Waals surface area contributed by atoms with E-state index in [0.717, 1.165) is 0 Å². The molecular weight excluding hydrogens is 182 g/mol. The van der Waals surface area contributed by atoms with Crippen molar-refractivity contribution >= 4 is 0 Å². The highest BCUT2D eigenvalue weighted by Crippen LogP contribution is 2.25. The minimum absolute atomic E-state index is 0.0972. The average molecular weight is 193 g/mol. The number of rotatable bonds is 1. The molecule has 0 aromatic heterocycles. The van der Waals surface area contributed by atoms with Crippen LogP contribution in [0.1, 0.15) is 0 Å². The van der Waals surface area contributed by atoms with Gasteiger partial charge in [-0.3, -0.25) is 4.90 Å². The Balaban J connectivity index is 2.94.